The SMILES string of the molecule is C=CCOCC(NC(=O)CCc1ccccc1Br)C(=O)O. The molecule has 114 valence electrons. The fourth-order valence-corrected chi connectivity index (χ4v) is 2.14. The molecule has 1 rings (SSSR count). The van der Waals surface area contributed by atoms with E-state index in [0.29, 0.717) is 6.42 Å². The van der Waals surface area contributed by atoms with Gasteiger partial charge in [-0.3, -0.25) is 4.79 Å². The smallest absolute Gasteiger partial charge is 0.328 e. The number of carbonyl (C=O) groups is 2. The molecule has 0 aromatic heterocycles. The van der Waals surface area contributed by atoms with Gasteiger partial charge in [0.1, 0.15) is 0 Å². The van der Waals surface area contributed by atoms with Crippen molar-refractivity contribution in [3.8, 4) is 0 Å². The molecule has 0 aliphatic heterocycles. The number of nitrogens with one attached hydrogen (secondary N) is 1. The van der Waals surface area contributed by atoms with Crippen molar-refractivity contribution < 1.29 is 19.4 Å². The number of aryl methyl sites for hydroxylation is 1. The summed E-state index contributed by atoms with van der Waals surface area (Å²) in [6, 6.07) is 6.55. The number of rotatable bonds is 9. The molecule has 1 amide bonds. The van der Waals surface area contributed by atoms with Crippen molar-refractivity contribution >= 4 is 27.8 Å². The number of carbonyl (C=O) groups excluding carboxylic acids is 1. The lowest BCUT2D eigenvalue weighted by Crippen LogP contribution is -2.44. The van der Waals surface area contributed by atoms with E-state index in [1.54, 1.807) is 0 Å². The average molecular weight is 356 g/mol. The van der Waals surface area contributed by atoms with Crippen molar-refractivity contribution in [1.29, 1.82) is 0 Å². The van der Waals surface area contributed by atoms with Gasteiger partial charge in [0.2, 0.25) is 5.91 Å². The molecule has 0 fully saturated rings. The molecule has 0 saturated heterocycles. The molecular formula is C15H18BrNO4. The Bertz CT molecular complexity index is 504. The fourth-order valence-electron chi connectivity index (χ4n) is 1.66. The van der Waals surface area contributed by atoms with Gasteiger partial charge in [0.15, 0.2) is 6.04 Å². The number of carboxylic acids is 1. The molecule has 0 aliphatic rings. The summed E-state index contributed by atoms with van der Waals surface area (Å²) in [6.45, 7) is 3.64. The van der Waals surface area contributed by atoms with Gasteiger partial charge >= 0.3 is 5.97 Å². The molecule has 0 radical (unpaired) electrons. The first-order chi connectivity index (χ1) is 10.0. The second-order valence-electron chi connectivity index (χ2n) is 4.38. The zero-order valence-electron chi connectivity index (χ0n) is 11.5. The van der Waals surface area contributed by atoms with Crippen LogP contribution in [0.1, 0.15) is 12.0 Å². The number of halogens is 1. The maximum atomic E-state index is 11.8. The van der Waals surface area contributed by atoms with Crippen LogP contribution in [0.3, 0.4) is 0 Å². The Morgan fingerprint density at radius 3 is 2.76 bits per heavy atom. The van der Waals surface area contributed by atoms with E-state index in [1.165, 1.54) is 6.08 Å². The predicted octanol–water partition coefficient (Wildman–Crippen LogP) is 2.15. The van der Waals surface area contributed by atoms with Crippen molar-refractivity contribution in [2.45, 2.75) is 18.9 Å². The van der Waals surface area contributed by atoms with Gasteiger partial charge in [-0.25, -0.2) is 4.79 Å². The molecule has 1 aromatic rings. The minimum atomic E-state index is -1.12. The molecule has 0 heterocycles. The monoisotopic (exact) mass is 355 g/mol. The minimum absolute atomic E-state index is 0.0812. The standard InChI is InChI=1S/C15H18BrNO4/c1-2-9-21-10-13(15(19)20)17-14(18)8-7-11-5-3-4-6-12(11)16/h2-6,13H,1,7-10H2,(H,17,18)(H,19,20). The van der Waals surface area contributed by atoms with Crippen LogP contribution in [0, 0.1) is 0 Å². The van der Waals surface area contributed by atoms with Gasteiger partial charge in [0.25, 0.3) is 0 Å². The van der Waals surface area contributed by atoms with E-state index in [2.05, 4.69) is 27.8 Å². The summed E-state index contributed by atoms with van der Waals surface area (Å²) in [6.07, 6.45) is 2.27. The lowest BCUT2D eigenvalue weighted by atomic mass is 10.1. The number of carboxylic acid groups (broad SMARTS) is 1. The predicted molar refractivity (Wildman–Crippen MR) is 83.0 cm³/mol. The van der Waals surface area contributed by atoms with Gasteiger partial charge in [0.05, 0.1) is 13.2 Å². The fraction of sp³-hybridized carbons (Fsp3) is 0.333. The highest BCUT2D eigenvalue weighted by molar-refractivity contribution is 9.10. The molecule has 2 N–H and O–H groups in total. The zero-order valence-corrected chi connectivity index (χ0v) is 13.1. The Morgan fingerprint density at radius 1 is 1.43 bits per heavy atom. The zero-order chi connectivity index (χ0) is 15.7. The van der Waals surface area contributed by atoms with Crippen LogP contribution >= 0.6 is 15.9 Å². The molecule has 0 saturated carbocycles. The molecular weight excluding hydrogens is 338 g/mol. The molecule has 5 nitrogen and oxygen atoms in total. The van der Waals surface area contributed by atoms with E-state index < -0.39 is 12.0 Å². The number of amides is 1. The van der Waals surface area contributed by atoms with E-state index in [0.717, 1.165) is 10.0 Å². The van der Waals surface area contributed by atoms with E-state index >= 15 is 0 Å². The number of aliphatic carboxylic acids is 1. The van der Waals surface area contributed by atoms with Crippen LogP contribution < -0.4 is 5.32 Å². The lowest BCUT2D eigenvalue weighted by Gasteiger charge is -2.14. The van der Waals surface area contributed by atoms with Crippen LogP contribution in [-0.4, -0.2) is 36.2 Å². The molecule has 1 aromatic carbocycles. The molecule has 1 unspecified atom stereocenters. The van der Waals surface area contributed by atoms with Crippen molar-refractivity contribution in [2.75, 3.05) is 13.2 Å². The largest absolute Gasteiger partial charge is 0.480 e. The Hall–Kier alpha value is -1.66. The van der Waals surface area contributed by atoms with Gasteiger partial charge in [-0.1, -0.05) is 40.2 Å². The summed E-state index contributed by atoms with van der Waals surface area (Å²) in [7, 11) is 0. The van der Waals surface area contributed by atoms with Crippen LogP contribution in [0.25, 0.3) is 0 Å². The Labute approximate surface area is 132 Å². The second-order valence-corrected chi connectivity index (χ2v) is 5.23. The van der Waals surface area contributed by atoms with Crippen LogP contribution in [0.5, 0.6) is 0 Å². The van der Waals surface area contributed by atoms with Crippen LogP contribution in [0.2, 0.25) is 0 Å². The van der Waals surface area contributed by atoms with Crippen LogP contribution in [0.15, 0.2) is 41.4 Å². The lowest BCUT2D eigenvalue weighted by molar-refractivity contribution is -0.143. The summed E-state index contributed by atoms with van der Waals surface area (Å²) in [5.74, 6) is -1.44. The molecule has 21 heavy (non-hydrogen) atoms. The van der Waals surface area contributed by atoms with Crippen LogP contribution in [0.4, 0.5) is 0 Å². The summed E-state index contributed by atoms with van der Waals surface area (Å²) >= 11 is 3.41. The Kier molecular flexibility index (Phi) is 7.71. The van der Waals surface area contributed by atoms with E-state index in [4.69, 9.17) is 9.84 Å². The maximum absolute atomic E-state index is 11.8. The first-order valence-electron chi connectivity index (χ1n) is 6.48. The summed E-state index contributed by atoms with van der Waals surface area (Å²) in [5, 5.41) is 11.5. The number of ether oxygens (including phenoxy) is 1. The highest BCUT2D eigenvalue weighted by Crippen LogP contribution is 2.17. The van der Waals surface area contributed by atoms with Crippen molar-refractivity contribution in [1.82, 2.24) is 5.32 Å². The first-order valence-corrected chi connectivity index (χ1v) is 7.28. The van der Waals surface area contributed by atoms with E-state index in [-0.39, 0.29) is 25.5 Å². The third-order valence-electron chi connectivity index (χ3n) is 2.73. The summed E-state index contributed by atoms with van der Waals surface area (Å²) in [4.78, 5) is 22.8. The molecule has 0 bridgehead atoms. The number of hydrogen-bond acceptors (Lipinski definition) is 3. The summed E-state index contributed by atoms with van der Waals surface area (Å²) < 4.78 is 6.00. The minimum Gasteiger partial charge on any atom is -0.480 e. The van der Waals surface area contributed by atoms with Gasteiger partial charge in [-0.15, -0.1) is 6.58 Å². The Morgan fingerprint density at radius 2 is 2.14 bits per heavy atom. The average Bonchev–Trinajstić information content (AvgIpc) is 2.45. The van der Waals surface area contributed by atoms with Gasteiger partial charge in [0, 0.05) is 10.9 Å². The van der Waals surface area contributed by atoms with Gasteiger partial charge in [-0.05, 0) is 18.1 Å². The number of hydrogen-bond donors (Lipinski definition) is 2. The van der Waals surface area contributed by atoms with Crippen molar-refractivity contribution in [3.63, 3.8) is 0 Å². The van der Waals surface area contributed by atoms with E-state index in [1.807, 2.05) is 24.3 Å². The molecule has 6 heteroatoms. The van der Waals surface area contributed by atoms with Crippen molar-refractivity contribution in [2.24, 2.45) is 0 Å². The summed E-state index contributed by atoms with van der Waals surface area (Å²) in [5.41, 5.74) is 1.00. The highest BCUT2D eigenvalue weighted by Gasteiger charge is 2.19. The molecule has 0 aliphatic carbocycles. The first kappa shape index (κ1) is 17.4. The number of benzene rings is 1. The second kappa shape index (κ2) is 9.31. The topological polar surface area (TPSA) is 75.6 Å². The maximum Gasteiger partial charge on any atom is 0.328 e. The quantitative estimate of drug-likeness (QED) is 0.525. The third-order valence-corrected chi connectivity index (χ3v) is 3.51. The highest BCUT2D eigenvalue weighted by atomic mass is 79.9. The van der Waals surface area contributed by atoms with Gasteiger partial charge in [-0.2, -0.15) is 0 Å². The molecule has 0 spiro atoms. The van der Waals surface area contributed by atoms with Gasteiger partial charge < -0.3 is 15.2 Å². The normalized spacial score (nSPS) is 11.7. The third kappa shape index (κ3) is 6.55. The Balaban J connectivity index is 2.45. The van der Waals surface area contributed by atoms with Crippen LogP contribution in [-0.2, 0) is 20.7 Å². The van der Waals surface area contributed by atoms with E-state index in [9.17, 15) is 9.59 Å². The van der Waals surface area contributed by atoms with Crippen molar-refractivity contribution in [3.05, 3.63) is 47.0 Å². The molecule has 1 atom stereocenters.